The van der Waals surface area contributed by atoms with E-state index in [4.69, 9.17) is 5.73 Å². The minimum absolute atomic E-state index is 0.0622. The van der Waals surface area contributed by atoms with Crippen LogP contribution in [0.4, 0.5) is 11.4 Å². The Morgan fingerprint density at radius 3 is 2.75 bits per heavy atom. The standard InChI is InChI=1S/C16H24N2OS/c17-14-9-4-5-10-15(14)18-16(19)11-6-12-20-13-7-2-1-3-8-13/h4-5,9-10,13H,1-3,6-8,11-12,17H2,(H,18,19). The summed E-state index contributed by atoms with van der Waals surface area (Å²) in [6.45, 7) is 0. The van der Waals surface area contributed by atoms with Gasteiger partial charge < -0.3 is 11.1 Å². The fourth-order valence-corrected chi connectivity index (χ4v) is 3.85. The largest absolute Gasteiger partial charge is 0.397 e. The summed E-state index contributed by atoms with van der Waals surface area (Å²) >= 11 is 2.04. The van der Waals surface area contributed by atoms with Gasteiger partial charge in [0.05, 0.1) is 11.4 Å². The number of nitrogens with one attached hydrogen (secondary N) is 1. The molecule has 1 aromatic rings. The molecular weight excluding hydrogens is 268 g/mol. The van der Waals surface area contributed by atoms with Crippen LogP contribution in [0, 0.1) is 0 Å². The maximum atomic E-state index is 11.8. The van der Waals surface area contributed by atoms with Crippen molar-refractivity contribution in [2.45, 2.75) is 50.2 Å². The summed E-state index contributed by atoms with van der Waals surface area (Å²) in [6, 6.07) is 7.38. The summed E-state index contributed by atoms with van der Waals surface area (Å²) in [6.07, 6.45) is 8.40. The zero-order chi connectivity index (χ0) is 14.2. The molecule has 0 bridgehead atoms. The average Bonchev–Trinajstić information content (AvgIpc) is 2.47. The van der Waals surface area contributed by atoms with E-state index in [1.165, 1.54) is 32.1 Å². The highest BCUT2D eigenvalue weighted by Crippen LogP contribution is 2.28. The minimum Gasteiger partial charge on any atom is -0.397 e. The number of carbonyl (C=O) groups is 1. The van der Waals surface area contributed by atoms with Gasteiger partial charge in [-0.25, -0.2) is 0 Å². The molecule has 1 aliphatic rings. The molecule has 0 unspecified atom stereocenters. The van der Waals surface area contributed by atoms with E-state index in [1.54, 1.807) is 6.07 Å². The van der Waals surface area contributed by atoms with Crippen LogP contribution in [0.1, 0.15) is 44.9 Å². The molecule has 0 saturated heterocycles. The number of anilines is 2. The van der Waals surface area contributed by atoms with Gasteiger partial charge in [-0.3, -0.25) is 4.79 Å². The number of hydrogen-bond donors (Lipinski definition) is 2. The third-order valence-corrected chi connectivity index (χ3v) is 5.16. The number of benzene rings is 1. The van der Waals surface area contributed by atoms with Crippen molar-refractivity contribution in [3.8, 4) is 0 Å². The number of carbonyl (C=O) groups excluding carboxylic acids is 1. The number of nitrogens with two attached hydrogens (primary N) is 1. The van der Waals surface area contributed by atoms with Gasteiger partial charge in [0.1, 0.15) is 0 Å². The van der Waals surface area contributed by atoms with Gasteiger partial charge >= 0.3 is 0 Å². The van der Waals surface area contributed by atoms with E-state index in [-0.39, 0.29) is 5.91 Å². The number of hydrogen-bond acceptors (Lipinski definition) is 3. The summed E-state index contributed by atoms with van der Waals surface area (Å²) in [4.78, 5) is 11.8. The smallest absolute Gasteiger partial charge is 0.224 e. The SMILES string of the molecule is Nc1ccccc1NC(=O)CCCSC1CCCCC1. The number of thioether (sulfide) groups is 1. The molecule has 0 heterocycles. The van der Waals surface area contributed by atoms with Crippen molar-refractivity contribution in [1.29, 1.82) is 0 Å². The van der Waals surface area contributed by atoms with Gasteiger partial charge in [-0.05, 0) is 37.1 Å². The predicted octanol–water partition coefficient (Wildman–Crippen LogP) is 4.05. The average molecular weight is 292 g/mol. The molecule has 3 N–H and O–H groups in total. The second-order valence-corrected chi connectivity index (χ2v) is 6.78. The van der Waals surface area contributed by atoms with E-state index in [9.17, 15) is 4.79 Å². The predicted molar refractivity (Wildman–Crippen MR) is 88.0 cm³/mol. The highest BCUT2D eigenvalue weighted by atomic mass is 32.2. The van der Waals surface area contributed by atoms with Crippen LogP contribution in [0.2, 0.25) is 0 Å². The molecule has 20 heavy (non-hydrogen) atoms. The molecule has 2 rings (SSSR count). The first kappa shape index (κ1) is 15.2. The van der Waals surface area contributed by atoms with Gasteiger partial charge in [-0.1, -0.05) is 31.4 Å². The lowest BCUT2D eigenvalue weighted by Crippen LogP contribution is -2.13. The van der Waals surface area contributed by atoms with Crippen LogP contribution in [0.25, 0.3) is 0 Å². The molecule has 3 nitrogen and oxygen atoms in total. The summed E-state index contributed by atoms with van der Waals surface area (Å²) in [5.74, 6) is 1.15. The molecule has 0 aromatic heterocycles. The summed E-state index contributed by atoms with van der Waals surface area (Å²) in [5, 5.41) is 3.71. The number of rotatable bonds is 6. The van der Waals surface area contributed by atoms with Gasteiger partial charge in [0.15, 0.2) is 0 Å². The molecule has 4 heteroatoms. The zero-order valence-corrected chi connectivity index (χ0v) is 12.8. The maximum absolute atomic E-state index is 11.8. The van der Waals surface area contributed by atoms with Crippen molar-refractivity contribution in [1.82, 2.24) is 0 Å². The lowest BCUT2D eigenvalue weighted by molar-refractivity contribution is -0.116. The van der Waals surface area contributed by atoms with Crippen molar-refractivity contribution >= 4 is 29.0 Å². The van der Waals surface area contributed by atoms with Crippen LogP contribution < -0.4 is 11.1 Å². The fraction of sp³-hybridized carbons (Fsp3) is 0.562. The van der Waals surface area contributed by atoms with Crippen molar-refractivity contribution in [3.63, 3.8) is 0 Å². The van der Waals surface area contributed by atoms with Crippen LogP contribution in [-0.4, -0.2) is 16.9 Å². The Balaban J connectivity index is 1.61. The molecule has 0 aliphatic heterocycles. The molecule has 1 amide bonds. The Kier molecular flexibility index (Phi) is 6.25. The first-order chi connectivity index (χ1) is 9.75. The molecule has 0 atom stereocenters. The Hall–Kier alpha value is -1.16. The van der Waals surface area contributed by atoms with Crippen LogP contribution in [0.5, 0.6) is 0 Å². The van der Waals surface area contributed by atoms with E-state index in [2.05, 4.69) is 5.32 Å². The van der Waals surface area contributed by atoms with Crippen LogP contribution in [-0.2, 0) is 4.79 Å². The summed E-state index contributed by atoms with van der Waals surface area (Å²) < 4.78 is 0. The van der Waals surface area contributed by atoms with E-state index in [0.717, 1.165) is 23.1 Å². The van der Waals surface area contributed by atoms with Crippen molar-refractivity contribution < 1.29 is 4.79 Å². The topological polar surface area (TPSA) is 55.1 Å². The Labute approximate surface area is 125 Å². The van der Waals surface area contributed by atoms with Gasteiger partial charge in [-0.15, -0.1) is 0 Å². The first-order valence-electron chi connectivity index (χ1n) is 7.51. The Bertz CT molecular complexity index is 430. The highest BCUT2D eigenvalue weighted by Gasteiger charge is 2.13. The monoisotopic (exact) mass is 292 g/mol. The van der Waals surface area contributed by atoms with Crippen molar-refractivity contribution in [2.24, 2.45) is 0 Å². The van der Waals surface area contributed by atoms with Crippen molar-refractivity contribution in [2.75, 3.05) is 16.8 Å². The zero-order valence-electron chi connectivity index (χ0n) is 11.9. The first-order valence-corrected chi connectivity index (χ1v) is 8.56. The second-order valence-electron chi connectivity index (χ2n) is 5.37. The molecule has 0 spiro atoms. The molecule has 1 aliphatic carbocycles. The number of amides is 1. The molecule has 1 saturated carbocycles. The van der Waals surface area contributed by atoms with Crippen molar-refractivity contribution in [3.05, 3.63) is 24.3 Å². The van der Waals surface area contributed by atoms with Crippen LogP contribution in [0.3, 0.4) is 0 Å². The van der Waals surface area contributed by atoms with E-state index in [1.807, 2.05) is 30.0 Å². The van der Waals surface area contributed by atoms with Gasteiger partial charge in [0.2, 0.25) is 5.91 Å². The van der Waals surface area contributed by atoms with E-state index in [0.29, 0.717) is 12.1 Å². The fourth-order valence-electron chi connectivity index (χ4n) is 2.54. The van der Waals surface area contributed by atoms with Gasteiger partial charge in [0, 0.05) is 11.7 Å². The molecule has 0 radical (unpaired) electrons. The van der Waals surface area contributed by atoms with Crippen LogP contribution in [0.15, 0.2) is 24.3 Å². The third-order valence-electron chi connectivity index (χ3n) is 3.69. The highest BCUT2D eigenvalue weighted by molar-refractivity contribution is 7.99. The number of nitrogen functional groups attached to an aromatic ring is 1. The summed E-state index contributed by atoms with van der Waals surface area (Å²) in [5.41, 5.74) is 7.14. The number of para-hydroxylation sites is 2. The Morgan fingerprint density at radius 1 is 1.25 bits per heavy atom. The Morgan fingerprint density at radius 2 is 2.00 bits per heavy atom. The molecule has 1 aromatic carbocycles. The maximum Gasteiger partial charge on any atom is 0.224 e. The van der Waals surface area contributed by atoms with Gasteiger partial charge in [0.25, 0.3) is 0 Å². The van der Waals surface area contributed by atoms with E-state index < -0.39 is 0 Å². The van der Waals surface area contributed by atoms with Gasteiger partial charge in [-0.2, -0.15) is 11.8 Å². The lowest BCUT2D eigenvalue weighted by atomic mass is 10.0. The molecule has 1 fully saturated rings. The second kappa shape index (κ2) is 8.20. The molecule has 110 valence electrons. The third kappa shape index (κ3) is 5.08. The lowest BCUT2D eigenvalue weighted by Gasteiger charge is -2.20. The minimum atomic E-state index is 0.0622. The normalized spacial score (nSPS) is 16.0. The quantitative estimate of drug-likeness (QED) is 0.614. The summed E-state index contributed by atoms with van der Waals surface area (Å²) in [7, 11) is 0. The molecular formula is C16H24N2OS. The van der Waals surface area contributed by atoms with Crippen LogP contribution >= 0.6 is 11.8 Å². The van der Waals surface area contributed by atoms with E-state index >= 15 is 0 Å².